The Bertz CT molecular complexity index is 872. The van der Waals surface area contributed by atoms with Gasteiger partial charge in [0.1, 0.15) is 0 Å². The number of pyridine rings is 1. The molecular formula is C18H13ClF3N. The number of benzene rings is 2. The molecule has 1 heterocycles. The normalized spacial score (nSPS) is 11.9. The van der Waals surface area contributed by atoms with E-state index in [1.54, 1.807) is 24.3 Å². The Labute approximate surface area is 136 Å². The zero-order valence-electron chi connectivity index (χ0n) is 12.3. The summed E-state index contributed by atoms with van der Waals surface area (Å²) in [5, 5.41) is 1.29. The molecule has 1 nitrogen and oxygen atoms in total. The lowest BCUT2D eigenvalue weighted by molar-refractivity contribution is -0.137. The molecule has 0 amide bonds. The fourth-order valence-corrected chi connectivity index (χ4v) is 2.86. The Kier molecular flexibility index (Phi) is 4.02. The van der Waals surface area contributed by atoms with Crippen molar-refractivity contribution < 1.29 is 13.2 Å². The molecule has 0 aliphatic carbocycles. The number of rotatable bonds is 2. The SMILES string of the molecule is CCc1cc2c(Cl)cccc2nc1-c1ccccc1C(F)(F)F. The van der Waals surface area contributed by atoms with Crippen LogP contribution in [0.4, 0.5) is 13.2 Å². The number of hydrogen-bond acceptors (Lipinski definition) is 1. The van der Waals surface area contributed by atoms with Crippen LogP contribution in [0.25, 0.3) is 22.2 Å². The fraction of sp³-hybridized carbons (Fsp3) is 0.167. The summed E-state index contributed by atoms with van der Waals surface area (Å²) in [7, 11) is 0. The summed E-state index contributed by atoms with van der Waals surface area (Å²) in [5.74, 6) is 0. The lowest BCUT2D eigenvalue weighted by Crippen LogP contribution is -2.08. The first-order valence-electron chi connectivity index (χ1n) is 7.16. The van der Waals surface area contributed by atoms with Crippen molar-refractivity contribution in [1.29, 1.82) is 0 Å². The van der Waals surface area contributed by atoms with Gasteiger partial charge >= 0.3 is 6.18 Å². The molecule has 5 heteroatoms. The van der Waals surface area contributed by atoms with Crippen LogP contribution in [0.5, 0.6) is 0 Å². The van der Waals surface area contributed by atoms with Crippen LogP contribution in [0.1, 0.15) is 18.1 Å². The van der Waals surface area contributed by atoms with Gasteiger partial charge in [0.25, 0.3) is 0 Å². The highest BCUT2D eigenvalue weighted by atomic mass is 35.5. The number of alkyl halides is 3. The smallest absolute Gasteiger partial charge is 0.247 e. The molecular weight excluding hydrogens is 323 g/mol. The van der Waals surface area contributed by atoms with Crippen molar-refractivity contribution in [1.82, 2.24) is 4.98 Å². The minimum Gasteiger partial charge on any atom is -0.247 e. The number of halogens is 4. The summed E-state index contributed by atoms with van der Waals surface area (Å²) in [4.78, 5) is 4.47. The highest BCUT2D eigenvalue weighted by Gasteiger charge is 2.34. The Balaban J connectivity index is 2.33. The molecule has 0 aliphatic heterocycles. The van der Waals surface area contributed by atoms with Crippen LogP contribution < -0.4 is 0 Å². The predicted octanol–water partition coefficient (Wildman–Crippen LogP) is 6.14. The van der Waals surface area contributed by atoms with Crippen molar-refractivity contribution in [3.05, 3.63) is 64.7 Å². The molecule has 0 bridgehead atoms. The quantitative estimate of drug-likeness (QED) is 0.548. The Morgan fingerprint density at radius 2 is 1.78 bits per heavy atom. The van der Waals surface area contributed by atoms with Crippen molar-refractivity contribution in [2.24, 2.45) is 0 Å². The largest absolute Gasteiger partial charge is 0.417 e. The second-order valence-corrected chi connectivity index (χ2v) is 5.61. The van der Waals surface area contributed by atoms with E-state index in [9.17, 15) is 13.2 Å². The zero-order valence-corrected chi connectivity index (χ0v) is 13.0. The Morgan fingerprint density at radius 3 is 2.48 bits per heavy atom. The van der Waals surface area contributed by atoms with Gasteiger partial charge in [-0.3, -0.25) is 0 Å². The molecule has 2 aromatic carbocycles. The molecule has 118 valence electrons. The monoisotopic (exact) mass is 335 g/mol. The summed E-state index contributed by atoms with van der Waals surface area (Å²) < 4.78 is 39.9. The minimum atomic E-state index is -4.42. The lowest BCUT2D eigenvalue weighted by atomic mass is 9.97. The summed E-state index contributed by atoms with van der Waals surface area (Å²) in [6, 6.07) is 12.6. The van der Waals surface area contributed by atoms with Gasteiger partial charge in [0.05, 0.1) is 16.8 Å². The van der Waals surface area contributed by atoms with Crippen molar-refractivity contribution in [2.75, 3.05) is 0 Å². The highest BCUT2D eigenvalue weighted by Crippen LogP contribution is 2.38. The van der Waals surface area contributed by atoms with Crippen LogP contribution >= 0.6 is 11.6 Å². The first-order valence-corrected chi connectivity index (χ1v) is 7.54. The Morgan fingerprint density at radius 1 is 1.04 bits per heavy atom. The van der Waals surface area contributed by atoms with Crippen LogP contribution in [0, 0.1) is 0 Å². The third-order valence-corrected chi connectivity index (χ3v) is 4.08. The zero-order chi connectivity index (χ0) is 16.6. The van der Waals surface area contributed by atoms with Gasteiger partial charge in [0.15, 0.2) is 0 Å². The van der Waals surface area contributed by atoms with E-state index in [1.165, 1.54) is 12.1 Å². The molecule has 23 heavy (non-hydrogen) atoms. The maximum absolute atomic E-state index is 13.3. The minimum absolute atomic E-state index is 0.0960. The maximum atomic E-state index is 13.3. The van der Waals surface area contributed by atoms with Gasteiger partial charge in [0.2, 0.25) is 0 Å². The summed E-state index contributed by atoms with van der Waals surface area (Å²) in [6.45, 7) is 1.89. The van der Waals surface area contributed by atoms with E-state index in [1.807, 2.05) is 13.0 Å². The van der Waals surface area contributed by atoms with Crippen LogP contribution in [-0.4, -0.2) is 4.98 Å². The van der Waals surface area contributed by atoms with Crippen LogP contribution in [0.2, 0.25) is 5.02 Å². The maximum Gasteiger partial charge on any atom is 0.417 e. The van der Waals surface area contributed by atoms with E-state index in [-0.39, 0.29) is 5.56 Å². The van der Waals surface area contributed by atoms with Gasteiger partial charge in [-0.2, -0.15) is 13.2 Å². The average molecular weight is 336 g/mol. The molecule has 0 N–H and O–H groups in total. The molecule has 1 aromatic heterocycles. The van der Waals surface area contributed by atoms with E-state index in [0.29, 0.717) is 22.7 Å². The average Bonchev–Trinajstić information content (AvgIpc) is 2.53. The van der Waals surface area contributed by atoms with Crippen molar-refractivity contribution in [3.63, 3.8) is 0 Å². The molecule has 3 aromatic rings. The second-order valence-electron chi connectivity index (χ2n) is 5.20. The molecule has 0 aliphatic rings. The van der Waals surface area contributed by atoms with Crippen LogP contribution in [-0.2, 0) is 12.6 Å². The number of fused-ring (bicyclic) bond motifs is 1. The molecule has 0 saturated carbocycles. The van der Waals surface area contributed by atoms with Gasteiger partial charge in [-0.25, -0.2) is 4.98 Å². The standard InChI is InChI=1S/C18H13ClF3N/c1-2-11-10-13-15(19)8-5-9-16(13)23-17(11)12-6-3-4-7-14(12)18(20,21)22/h3-10H,2H2,1H3. The topological polar surface area (TPSA) is 12.9 Å². The van der Waals surface area contributed by atoms with Gasteiger partial charge in [-0.1, -0.05) is 42.8 Å². The molecule has 0 radical (unpaired) electrons. The van der Waals surface area contributed by atoms with Crippen molar-refractivity contribution in [2.45, 2.75) is 19.5 Å². The third kappa shape index (κ3) is 2.91. The molecule has 0 saturated heterocycles. The molecule has 0 spiro atoms. The highest BCUT2D eigenvalue weighted by molar-refractivity contribution is 6.35. The van der Waals surface area contributed by atoms with Crippen LogP contribution in [0.15, 0.2) is 48.5 Å². The number of nitrogens with zero attached hydrogens (tertiary/aromatic N) is 1. The summed E-state index contributed by atoms with van der Waals surface area (Å²) in [5.41, 5.74) is 1.10. The van der Waals surface area contributed by atoms with E-state index in [2.05, 4.69) is 4.98 Å². The molecule has 0 fully saturated rings. The van der Waals surface area contributed by atoms with Crippen molar-refractivity contribution in [3.8, 4) is 11.3 Å². The van der Waals surface area contributed by atoms with E-state index in [0.717, 1.165) is 17.0 Å². The first-order chi connectivity index (χ1) is 10.9. The second kappa shape index (κ2) is 5.85. The summed E-state index contributed by atoms with van der Waals surface area (Å²) >= 11 is 6.17. The third-order valence-electron chi connectivity index (χ3n) is 3.75. The summed E-state index contributed by atoms with van der Waals surface area (Å²) in [6.07, 6.45) is -3.86. The molecule has 3 rings (SSSR count). The van der Waals surface area contributed by atoms with Gasteiger partial charge < -0.3 is 0 Å². The molecule has 0 unspecified atom stereocenters. The lowest BCUT2D eigenvalue weighted by Gasteiger charge is -2.15. The Hall–Kier alpha value is -2.07. The van der Waals surface area contributed by atoms with Gasteiger partial charge in [-0.15, -0.1) is 0 Å². The fourth-order valence-electron chi connectivity index (χ4n) is 2.64. The van der Waals surface area contributed by atoms with Crippen LogP contribution in [0.3, 0.4) is 0 Å². The number of aromatic nitrogens is 1. The van der Waals surface area contributed by atoms with Gasteiger partial charge in [0, 0.05) is 16.0 Å². The van der Waals surface area contributed by atoms with E-state index >= 15 is 0 Å². The van der Waals surface area contributed by atoms with E-state index in [4.69, 9.17) is 11.6 Å². The predicted molar refractivity (Wildman–Crippen MR) is 86.6 cm³/mol. The first kappa shape index (κ1) is 15.8. The number of aryl methyl sites for hydroxylation is 1. The van der Waals surface area contributed by atoms with Crippen molar-refractivity contribution >= 4 is 22.5 Å². The van der Waals surface area contributed by atoms with E-state index < -0.39 is 11.7 Å². The number of hydrogen-bond donors (Lipinski definition) is 0. The van der Waals surface area contributed by atoms with Gasteiger partial charge in [-0.05, 0) is 36.2 Å². The molecule has 0 atom stereocenters.